The number of carbonyl (C=O) groups is 1. The minimum absolute atomic E-state index is 0.0998. The first-order valence-corrected chi connectivity index (χ1v) is 7.15. The second-order valence-electron chi connectivity index (χ2n) is 4.93. The lowest BCUT2D eigenvalue weighted by Crippen LogP contribution is -2.41. The third-order valence-electron chi connectivity index (χ3n) is 3.06. The van der Waals surface area contributed by atoms with Crippen LogP contribution in [0.5, 0.6) is 0 Å². The molecule has 0 spiro atoms. The Balaban J connectivity index is 1.91. The maximum Gasteiger partial charge on any atom is 0.319 e. The van der Waals surface area contributed by atoms with Gasteiger partial charge in [0.25, 0.3) is 0 Å². The van der Waals surface area contributed by atoms with Crippen LogP contribution in [0, 0.1) is 0 Å². The zero-order chi connectivity index (χ0) is 15.2. The monoisotopic (exact) mass is 313 g/mol. The highest BCUT2D eigenvalue weighted by molar-refractivity contribution is 6.34. The molecule has 1 aliphatic heterocycles. The number of halogens is 1. The number of nitrogens with one attached hydrogen (secondary N) is 2. The Kier molecular flexibility index (Phi) is 5.67. The van der Waals surface area contributed by atoms with Gasteiger partial charge in [0.05, 0.1) is 42.3 Å². The number of hydrogen-bond acceptors (Lipinski definition) is 4. The normalized spacial score (nSPS) is 18.1. The van der Waals surface area contributed by atoms with Crippen molar-refractivity contribution >= 4 is 29.0 Å². The predicted molar refractivity (Wildman–Crippen MR) is 83.4 cm³/mol. The predicted octanol–water partition coefficient (Wildman–Crippen LogP) is 1.94. The lowest BCUT2D eigenvalue weighted by atomic mass is 10.2. The molecule has 1 fully saturated rings. The Morgan fingerprint density at radius 3 is 2.90 bits per heavy atom. The Morgan fingerprint density at radius 1 is 1.43 bits per heavy atom. The van der Waals surface area contributed by atoms with Crippen molar-refractivity contribution in [2.24, 2.45) is 0 Å². The number of nitrogens with zero attached hydrogens (tertiary/aromatic N) is 1. The van der Waals surface area contributed by atoms with E-state index in [2.05, 4.69) is 10.6 Å². The van der Waals surface area contributed by atoms with Gasteiger partial charge >= 0.3 is 6.03 Å². The summed E-state index contributed by atoms with van der Waals surface area (Å²) in [7, 11) is 3.75. The minimum Gasteiger partial charge on any atom is -0.376 e. The summed E-state index contributed by atoms with van der Waals surface area (Å²) in [6, 6.07) is 5.09. The number of benzene rings is 1. The number of carbonyl (C=O) groups excluding carboxylic acids is 1. The number of para-hydroxylation sites is 1. The van der Waals surface area contributed by atoms with Crippen molar-refractivity contribution in [3.8, 4) is 0 Å². The van der Waals surface area contributed by atoms with Crippen LogP contribution >= 0.6 is 11.6 Å². The minimum atomic E-state index is -0.297. The molecule has 2 N–H and O–H groups in total. The summed E-state index contributed by atoms with van der Waals surface area (Å²) in [5.41, 5.74) is 1.43. The molecule has 1 heterocycles. The van der Waals surface area contributed by atoms with Gasteiger partial charge in [-0.3, -0.25) is 0 Å². The topological polar surface area (TPSA) is 62.8 Å². The van der Waals surface area contributed by atoms with Gasteiger partial charge in [-0.05, 0) is 12.1 Å². The molecule has 1 aromatic rings. The number of anilines is 2. The van der Waals surface area contributed by atoms with Crippen LogP contribution < -0.4 is 15.5 Å². The maximum absolute atomic E-state index is 12.0. The quantitative estimate of drug-likeness (QED) is 0.892. The van der Waals surface area contributed by atoms with E-state index < -0.39 is 0 Å². The standard InChI is InChI=1S/C14H20ClN3O3/c1-18(2)13-11(15)4-3-5-12(13)17-14(19)16-8-10-9-20-6-7-21-10/h3-5,10H,6-9H2,1-2H3,(H2,16,17,19)/t10-/m1/s1. The van der Waals surface area contributed by atoms with E-state index in [1.165, 1.54) is 0 Å². The van der Waals surface area contributed by atoms with E-state index in [1.54, 1.807) is 18.2 Å². The van der Waals surface area contributed by atoms with E-state index in [-0.39, 0.29) is 12.1 Å². The zero-order valence-electron chi connectivity index (χ0n) is 12.2. The van der Waals surface area contributed by atoms with E-state index >= 15 is 0 Å². The van der Waals surface area contributed by atoms with Gasteiger partial charge in [0, 0.05) is 20.6 Å². The number of urea groups is 1. The van der Waals surface area contributed by atoms with Crippen LogP contribution in [0.3, 0.4) is 0 Å². The average molecular weight is 314 g/mol. The third kappa shape index (κ3) is 4.49. The molecule has 2 amide bonds. The average Bonchev–Trinajstić information content (AvgIpc) is 2.46. The fourth-order valence-electron chi connectivity index (χ4n) is 2.10. The van der Waals surface area contributed by atoms with Crippen LogP contribution in [0.2, 0.25) is 5.02 Å². The molecule has 0 unspecified atom stereocenters. The molecule has 0 saturated carbocycles. The molecular weight excluding hydrogens is 294 g/mol. The summed E-state index contributed by atoms with van der Waals surface area (Å²) in [5.74, 6) is 0. The molecule has 0 aliphatic carbocycles. The molecule has 1 aliphatic rings. The highest BCUT2D eigenvalue weighted by Gasteiger charge is 2.16. The summed E-state index contributed by atoms with van der Waals surface area (Å²) < 4.78 is 10.7. The van der Waals surface area contributed by atoms with E-state index in [4.69, 9.17) is 21.1 Å². The second-order valence-corrected chi connectivity index (χ2v) is 5.34. The van der Waals surface area contributed by atoms with Crippen molar-refractivity contribution in [3.63, 3.8) is 0 Å². The van der Waals surface area contributed by atoms with Gasteiger partial charge in [-0.15, -0.1) is 0 Å². The summed E-state index contributed by atoms with van der Waals surface area (Å²) in [6.07, 6.45) is -0.0998. The number of ether oxygens (including phenoxy) is 2. The molecule has 0 radical (unpaired) electrons. The van der Waals surface area contributed by atoms with Gasteiger partial charge in [-0.1, -0.05) is 17.7 Å². The highest BCUT2D eigenvalue weighted by Crippen LogP contribution is 2.32. The molecule has 0 bridgehead atoms. The Bertz CT molecular complexity index is 490. The van der Waals surface area contributed by atoms with Gasteiger partial charge in [0.15, 0.2) is 0 Å². The first-order chi connectivity index (χ1) is 10.1. The SMILES string of the molecule is CN(C)c1c(Cl)cccc1NC(=O)NC[C@@H]1COCCO1. The van der Waals surface area contributed by atoms with Crippen LogP contribution in [0.15, 0.2) is 18.2 Å². The van der Waals surface area contributed by atoms with E-state index in [0.717, 1.165) is 5.69 Å². The molecule has 1 aromatic carbocycles. The smallest absolute Gasteiger partial charge is 0.319 e. The molecule has 116 valence electrons. The third-order valence-corrected chi connectivity index (χ3v) is 3.36. The van der Waals surface area contributed by atoms with Gasteiger partial charge in [0.2, 0.25) is 0 Å². The lowest BCUT2D eigenvalue weighted by molar-refractivity contribution is -0.0852. The molecule has 1 atom stereocenters. The Hall–Kier alpha value is -1.50. The van der Waals surface area contributed by atoms with E-state index in [9.17, 15) is 4.79 Å². The first kappa shape index (κ1) is 15.9. The summed E-state index contributed by atoms with van der Waals surface area (Å²) in [5, 5.41) is 6.15. The van der Waals surface area contributed by atoms with E-state index in [1.807, 2.05) is 19.0 Å². The van der Waals surface area contributed by atoms with Crippen LogP contribution in [-0.2, 0) is 9.47 Å². The van der Waals surface area contributed by atoms with Crippen LogP contribution in [0.4, 0.5) is 16.2 Å². The maximum atomic E-state index is 12.0. The Morgan fingerprint density at radius 2 is 2.24 bits per heavy atom. The largest absolute Gasteiger partial charge is 0.376 e. The molecule has 0 aromatic heterocycles. The van der Waals surface area contributed by atoms with Crippen molar-refractivity contribution in [3.05, 3.63) is 23.2 Å². The van der Waals surface area contributed by atoms with Crippen molar-refractivity contribution in [1.82, 2.24) is 5.32 Å². The molecule has 21 heavy (non-hydrogen) atoms. The summed E-state index contributed by atoms with van der Waals surface area (Å²) >= 11 is 6.16. The summed E-state index contributed by atoms with van der Waals surface area (Å²) in [6.45, 7) is 2.08. The highest BCUT2D eigenvalue weighted by atomic mass is 35.5. The van der Waals surface area contributed by atoms with E-state index in [0.29, 0.717) is 37.1 Å². The van der Waals surface area contributed by atoms with Crippen molar-refractivity contribution in [2.75, 3.05) is 50.7 Å². The van der Waals surface area contributed by atoms with Crippen molar-refractivity contribution in [1.29, 1.82) is 0 Å². The summed E-state index contributed by atoms with van der Waals surface area (Å²) in [4.78, 5) is 13.8. The van der Waals surface area contributed by atoms with Crippen LogP contribution in [0.25, 0.3) is 0 Å². The van der Waals surface area contributed by atoms with Gasteiger partial charge in [-0.2, -0.15) is 0 Å². The van der Waals surface area contributed by atoms with Crippen molar-refractivity contribution < 1.29 is 14.3 Å². The molecule has 2 rings (SSSR count). The first-order valence-electron chi connectivity index (χ1n) is 6.78. The van der Waals surface area contributed by atoms with Gasteiger partial charge in [-0.25, -0.2) is 4.79 Å². The van der Waals surface area contributed by atoms with Crippen molar-refractivity contribution in [2.45, 2.75) is 6.10 Å². The number of hydrogen-bond donors (Lipinski definition) is 2. The fourth-order valence-corrected chi connectivity index (χ4v) is 2.44. The molecule has 7 heteroatoms. The molecule has 1 saturated heterocycles. The van der Waals surface area contributed by atoms with Gasteiger partial charge in [0.1, 0.15) is 0 Å². The molecular formula is C14H20ClN3O3. The Labute approximate surface area is 129 Å². The number of rotatable bonds is 4. The number of amides is 2. The molecule has 6 nitrogen and oxygen atoms in total. The van der Waals surface area contributed by atoms with Crippen LogP contribution in [-0.4, -0.2) is 52.6 Å². The second kappa shape index (κ2) is 7.49. The van der Waals surface area contributed by atoms with Gasteiger partial charge < -0.3 is 25.0 Å². The zero-order valence-corrected chi connectivity index (χ0v) is 12.9. The lowest BCUT2D eigenvalue weighted by Gasteiger charge is -2.23. The van der Waals surface area contributed by atoms with Crippen LogP contribution in [0.1, 0.15) is 0 Å². The fraction of sp³-hybridized carbons (Fsp3) is 0.500.